The topological polar surface area (TPSA) is 83.7 Å². The summed E-state index contributed by atoms with van der Waals surface area (Å²) in [5.41, 5.74) is 1.64. The van der Waals surface area contributed by atoms with E-state index in [2.05, 4.69) is 10.1 Å². The summed E-state index contributed by atoms with van der Waals surface area (Å²) in [5.74, 6) is 2.13. The van der Waals surface area contributed by atoms with Crippen molar-refractivity contribution in [2.24, 2.45) is 0 Å². The molecule has 0 aliphatic carbocycles. The quantitative estimate of drug-likeness (QED) is 0.139. The summed E-state index contributed by atoms with van der Waals surface area (Å²) in [6.45, 7) is 10.6. The van der Waals surface area contributed by atoms with Gasteiger partial charge in [-0.25, -0.2) is 0 Å². The zero-order valence-corrected chi connectivity index (χ0v) is 20.8. The van der Waals surface area contributed by atoms with E-state index in [-0.39, 0.29) is 12.1 Å². The van der Waals surface area contributed by atoms with Crippen molar-refractivity contribution >= 4 is 23.1 Å². The maximum atomic E-state index is 11.3. The fourth-order valence-electron chi connectivity index (χ4n) is 2.91. The molecular weight excluding hydrogens is 444 g/mol. The van der Waals surface area contributed by atoms with Crippen LogP contribution in [0.4, 0.5) is 0 Å². The number of carbonyl (C=O) groups excluding carboxylic acids is 1. The molecule has 33 heavy (non-hydrogen) atoms. The lowest BCUT2D eigenvalue weighted by atomic mass is 10.1. The number of rotatable bonds is 13. The maximum Gasteiger partial charge on any atom is 0.305 e. The van der Waals surface area contributed by atoms with E-state index in [0.29, 0.717) is 42.1 Å². The van der Waals surface area contributed by atoms with Gasteiger partial charge in [-0.15, -0.1) is 0 Å². The summed E-state index contributed by atoms with van der Waals surface area (Å²) in [5, 5.41) is 4.61. The molecule has 0 aliphatic rings. The first-order valence-corrected chi connectivity index (χ1v) is 11.7. The third-order valence-electron chi connectivity index (χ3n) is 4.57. The number of unbranched alkanes of at least 4 members (excludes halogenated alkanes) is 1. The lowest BCUT2D eigenvalue weighted by Gasteiger charge is -2.11. The van der Waals surface area contributed by atoms with E-state index in [9.17, 15) is 4.79 Å². The van der Waals surface area contributed by atoms with Crippen LogP contribution in [0.5, 0.6) is 5.75 Å². The summed E-state index contributed by atoms with van der Waals surface area (Å²) < 4.78 is 21.7. The molecule has 0 N–H and O–H groups in total. The van der Waals surface area contributed by atoms with Gasteiger partial charge >= 0.3 is 5.97 Å². The Labute approximate surface area is 200 Å². The number of ether oxygens (including phenoxy) is 3. The summed E-state index contributed by atoms with van der Waals surface area (Å²) >= 11 is 6.32. The molecule has 2 aromatic rings. The second kappa shape index (κ2) is 13.7. The van der Waals surface area contributed by atoms with Crippen molar-refractivity contribution in [1.82, 2.24) is 10.1 Å². The van der Waals surface area contributed by atoms with Crippen molar-refractivity contribution in [3.63, 3.8) is 0 Å². The molecule has 8 heteroatoms. The molecule has 2 rings (SSSR count). The average Bonchev–Trinajstić information content (AvgIpc) is 3.25. The second-order valence-electron chi connectivity index (χ2n) is 7.67. The molecule has 0 unspecified atom stereocenters. The number of aromatic nitrogens is 2. The normalized spacial score (nSPS) is 12.2. The highest BCUT2D eigenvalue weighted by atomic mass is 35.5. The Balaban J connectivity index is 1.96. The van der Waals surface area contributed by atoms with Crippen LogP contribution in [0.1, 0.15) is 66.1 Å². The van der Waals surface area contributed by atoms with Crippen molar-refractivity contribution in [3.05, 3.63) is 47.0 Å². The van der Waals surface area contributed by atoms with Crippen molar-refractivity contribution in [2.45, 2.75) is 66.4 Å². The van der Waals surface area contributed by atoms with Gasteiger partial charge in [-0.1, -0.05) is 29.8 Å². The SMILES string of the molecule is CCOC(=O)CCCCO/C(C)=C/C=C(\CC)c1noc(-c2ccc(OC(C)C)c(Cl)c2)n1. The Hall–Kier alpha value is -2.80. The minimum atomic E-state index is -0.165. The highest BCUT2D eigenvalue weighted by molar-refractivity contribution is 6.32. The third kappa shape index (κ3) is 8.92. The Morgan fingerprint density at radius 2 is 1.97 bits per heavy atom. The molecule has 180 valence electrons. The van der Waals surface area contributed by atoms with Crippen LogP contribution in [0, 0.1) is 0 Å². The van der Waals surface area contributed by atoms with Gasteiger partial charge in [0.15, 0.2) is 5.82 Å². The van der Waals surface area contributed by atoms with Crippen LogP contribution in [0.15, 0.2) is 40.6 Å². The Morgan fingerprint density at radius 3 is 2.64 bits per heavy atom. The lowest BCUT2D eigenvalue weighted by molar-refractivity contribution is -0.143. The first-order valence-electron chi connectivity index (χ1n) is 11.3. The molecule has 0 saturated carbocycles. The van der Waals surface area contributed by atoms with E-state index in [0.717, 1.165) is 36.2 Å². The lowest BCUT2D eigenvalue weighted by Crippen LogP contribution is -2.05. The third-order valence-corrected chi connectivity index (χ3v) is 4.86. The van der Waals surface area contributed by atoms with Crippen LogP contribution in [-0.4, -0.2) is 35.4 Å². The maximum absolute atomic E-state index is 11.3. The van der Waals surface area contributed by atoms with E-state index < -0.39 is 0 Å². The van der Waals surface area contributed by atoms with E-state index in [1.807, 2.05) is 45.9 Å². The number of hydrogen-bond donors (Lipinski definition) is 0. The summed E-state index contributed by atoms with van der Waals surface area (Å²) in [4.78, 5) is 15.9. The Kier molecular flexibility index (Phi) is 11.0. The number of nitrogens with zero attached hydrogens (tertiary/aromatic N) is 2. The number of esters is 1. The molecule has 0 amide bonds. The molecule has 1 heterocycles. The molecule has 7 nitrogen and oxygen atoms in total. The van der Waals surface area contributed by atoms with Gasteiger partial charge in [0.2, 0.25) is 0 Å². The van der Waals surface area contributed by atoms with Crippen molar-refractivity contribution in [2.75, 3.05) is 13.2 Å². The van der Waals surface area contributed by atoms with E-state index in [4.69, 9.17) is 30.3 Å². The van der Waals surface area contributed by atoms with Gasteiger partial charge in [-0.2, -0.15) is 4.98 Å². The van der Waals surface area contributed by atoms with Crippen molar-refractivity contribution in [1.29, 1.82) is 0 Å². The zero-order valence-electron chi connectivity index (χ0n) is 20.0. The highest BCUT2D eigenvalue weighted by Crippen LogP contribution is 2.31. The molecule has 0 bridgehead atoms. The number of carbonyl (C=O) groups is 1. The smallest absolute Gasteiger partial charge is 0.305 e. The Bertz CT molecular complexity index is 965. The summed E-state index contributed by atoms with van der Waals surface area (Å²) in [6, 6.07) is 5.40. The zero-order chi connectivity index (χ0) is 24.2. The number of allylic oxidation sites excluding steroid dienone is 4. The van der Waals surface area contributed by atoms with Crippen molar-refractivity contribution < 1.29 is 23.5 Å². The molecule has 0 radical (unpaired) electrons. The minimum absolute atomic E-state index is 0.0330. The predicted octanol–water partition coefficient (Wildman–Crippen LogP) is 6.62. The monoisotopic (exact) mass is 476 g/mol. The first-order chi connectivity index (χ1) is 15.8. The fraction of sp³-hybridized carbons (Fsp3) is 0.480. The number of benzene rings is 1. The second-order valence-corrected chi connectivity index (χ2v) is 8.08. The Morgan fingerprint density at radius 1 is 1.18 bits per heavy atom. The number of halogens is 1. The van der Waals surface area contributed by atoms with E-state index >= 15 is 0 Å². The minimum Gasteiger partial charge on any atom is -0.498 e. The highest BCUT2D eigenvalue weighted by Gasteiger charge is 2.14. The standard InChI is InChI=1S/C25H33ClN2O5/c1-6-19(12-11-18(5)31-15-9-8-10-23(29)30-7-2)24-27-25(33-28-24)20-13-14-22(21(26)16-20)32-17(3)4/h11-14,16-17H,6-10,15H2,1-5H3/b18-11+,19-12+. The van der Waals surface area contributed by atoms with Crippen LogP contribution in [0.2, 0.25) is 5.02 Å². The molecule has 0 fully saturated rings. The van der Waals surface area contributed by atoms with Gasteiger partial charge in [0, 0.05) is 17.6 Å². The molecule has 0 atom stereocenters. The van der Waals surface area contributed by atoms with Crippen molar-refractivity contribution in [3.8, 4) is 17.2 Å². The van der Waals surface area contributed by atoms with Gasteiger partial charge in [0.05, 0.1) is 30.1 Å². The molecular formula is C25H33ClN2O5. The largest absolute Gasteiger partial charge is 0.498 e. The summed E-state index contributed by atoms with van der Waals surface area (Å²) in [6.07, 6.45) is 6.51. The molecule has 1 aromatic carbocycles. The van der Waals surface area contributed by atoms with Crippen LogP contribution in [0.25, 0.3) is 17.0 Å². The van der Waals surface area contributed by atoms with Crippen LogP contribution in [-0.2, 0) is 14.3 Å². The van der Waals surface area contributed by atoms with Crippen LogP contribution < -0.4 is 4.74 Å². The van der Waals surface area contributed by atoms with Gasteiger partial charge in [-0.05, 0) is 71.2 Å². The molecule has 0 saturated heterocycles. The molecule has 0 aliphatic heterocycles. The van der Waals surface area contributed by atoms with Crippen LogP contribution in [0.3, 0.4) is 0 Å². The van der Waals surface area contributed by atoms with Gasteiger partial charge in [0.1, 0.15) is 5.75 Å². The molecule has 0 spiro atoms. The number of hydrogen-bond acceptors (Lipinski definition) is 7. The van der Waals surface area contributed by atoms with Gasteiger partial charge in [0.25, 0.3) is 5.89 Å². The van der Waals surface area contributed by atoms with Gasteiger partial charge < -0.3 is 18.7 Å². The predicted molar refractivity (Wildman–Crippen MR) is 129 cm³/mol. The summed E-state index contributed by atoms with van der Waals surface area (Å²) in [7, 11) is 0. The van der Waals surface area contributed by atoms with Crippen LogP contribution >= 0.6 is 11.6 Å². The van der Waals surface area contributed by atoms with E-state index in [1.165, 1.54) is 0 Å². The first kappa shape index (κ1) is 26.5. The van der Waals surface area contributed by atoms with E-state index in [1.54, 1.807) is 19.1 Å². The average molecular weight is 477 g/mol. The van der Waals surface area contributed by atoms with Gasteiger partial charge in [-0.3, -0.25) is 4.79 Å². The molecule has 1 aromatic heterocycles. The fourth-order valence-corrected chi connectivity index (χ4v) is 3.13.